The van der Waals surface area contributed by atoms with Crippen LogP contribution in [0.1, 0.15) is 25.0 Å². The maximum Gasteiger partial charge on any atom is 0.0547 e. The summed E-state index contributed by atoms with van der Waals surface area (Å²) in [5, 5.41) is 10.6. The average molecular weight is 642 g/mol. The summed E-state index contributed by atoms with van der Waals surface area (Å²) in [6.45, 7) is 4.74. The van der Waals surface area contributed by atoms with Crippen LogP contribution in [0.2, 0.25) is 0 Å². The van der Waals surface area contributed by atoms with Gasteiger partial charge >= 0.3 is 0 Å². The van der Waals surface area contributed by atoms with E-state index in [2.05, 4.69) is 170 Å². The van der Waals surface area contributed by atoms with Crippen LogP contribution in [0.15, 0.2) is 152 Å². The summed E-state index contributed by atoms with van der Waals surface area (Å²) in [5.74, 6) is 0. The number of para-hydroxylation sites is 1. The van der Waals surface area contributed by atoms with Crippen molar-refractivity contribution in [2.75, 3.05) is 0 Å². The minimum absolute atomic E-state index is 0.0554. The number of hydrogen-bond acceptors (Lipinski definition) is 1. The van der Waals surface area contributed by atoms with Crippen molar-refractivity contribution >= 4 is 74.9 Å². The molecule has 0 radical (unpaired) electrons. The second kappa shape index (κ2) is 9.69. The Hall–Kier alpha value is -5.70. The average Bonchev–Trinajstić information content (AvgIpc) is 3.77. The molecule has 49 heavy (non-hydrogen) atoms. The normalized spacial score (nSPS) is 13.7. The molecule has 2 heterocycles. The Labute approximate surface area is 288 Å². The highest BCUT2D eigenvalue weighted by atomic mass is 32.1. The topological polar surface area (TPSA) is 4.93 Å². The summed E-state index contributed by atoms with van der Waals surface area (Å²) in [4.78, 5) is 0. The van der Waals surface area contributed by atoms with Crippen LogP contribution in [0.3, 0.4) is 0 Å². The number of rotatable bonds is 2. The van der Waals surface area contributed by atoms with Gasteiger partial charge in [0.25, 0.3) is 0 Å². The van der Waals surface area contributed by atoms with E-state index in [0.717, 1.165) is 0 Å². The first-order valence-corrected chi connectivity index (χ1v) is 17.9. The van der Waals surface area contributed by atoms with Crippen LogP contribution >= 0.6 is 11.3 Å². The summed E-state index contributed by atoms with van der Waals surface area (Å²) < 4.78 is 5.14. The SMILES string of the molecule is CC1(C)c2ccccc2-c2cccc(-c3ccc(-n4c5ccccc5c5c6ccc7ccc8sc9ccccc9c8c7c6ccc54)cc3)c21. The van der Waals surface area contributed by atoms with Gasteiger partial charge in [-0.1, -0.05) is 129 Å². The molecule has 10 aromatic rings. The molecule has 2 heteroatoms. The van der Waals surface area contributed by atoms with Gasteiger partial charge in [0.05, 0.1) is 11.0 Å². The smallest absolute Gasteiger partial charge is 0.0547 e. The molecule has 0 N–H and O–H groups in total. The van der Waals surface area contributed by atoms with Crippen molar-refractivity contribution in [1.29, 1.82) is 0 Å². The first-order valence-electron chi connectivity index (χ1n) is 17.1. The number of benzene rings is 8. The lowest BCUT2D eigenvalue weighted by Crippen LogP contribution is -2.16. The van der Waals surface area contributed by atoms with Gasteiger partial charge in [-0.15, -0.1) is 11.3 Å². The number of hydrogen-bond donors (Lipinski definition) is 0. The lowest BCUT2D eigenvalue weighted by molar-refractivity contribution is 0.662. The lowest BCUT2D eigenvalue weighted by atomic mass is 9.79. The predicted molar refractivity (Wildman–Crippen MR) is 212 cm³/mol. The molecule has 2 aromatic heterocycles. The van der Waals surface area contributed by atoms with Gasteiger partial charge in [0, 0.05) is 42.0 Å². The molecule has 8 aromatic carbocycles. The van der Waals surface area contributed by atoms with E-state index in [0.29, 0.717) is 0 Å². The highest BCUT2D eigenvalue weighted by Gasteiger charge is 2.37. The molecule has 0 saturated carbocycles. The Morgan fingerprint density at radius 2 is 1.14 bits per heavy atom. The largest absolute Gasteiger partial charge is 0.309 e. The summed E-state index contributed by atoms with van der Waals surface area (Å²) in [6.07, 6.45) is 0. The van der Waals surface area contributed by atoms with E-state index in [1.165, 1.54) is 103 Å². The van der Waals surface area contributed by atoms with Gasteiger partial charge in [-0.3, -0.25) is 0 Å². The predicted octanol–water partition coefficient (Wildman–Crippen LogP) is 13.4. The third-order valence-electron chi connectivity index (χ3n) is 11.2. The molecule has 0 fully saturated rings. The van der Waals surface area contributed by atoms with Gasteiger partial charge in [-0.05, 0) is 91.3 Å². The van der Waals surface area contributed by atoms with Crippen LogP contribution in [0.25, 0.3) is 91.5 Å². The second-order valence-corrected chi connectivity index (χ2v) is 15.1. The van der Waals surface area contributed by atoms with Gasteiger partial charge < -0.3 is 4.57 Å². The fourth-order valence-electron chi connectivity index (χ4n) is 9.07. The fraction of sp³-hybridized carbons (Fsp3) is 0.0638. The van der Waals surface area contributed by atoms with Gasteiger partial charge in [0.15, 0.2) is 0 Å². The number of fused-ring (bicyclic) bond motifs is 14. The molecule has 1 nitrogen and oxygen atoms in total. The van der Waals surface area contributed by atoms with Crippen molar-refractivity contribution in [3.63, 3.8) is 0 Å². The van der Waals surface area contributed by atoms with Crippen LogP contribution in [0.5, 0.6) is 0 Å². The van der Waals surface area contributed by atoms with Crippen LogP contribution in [0.4, 0.5) is 0 Å². The Bertz CT molecular complexity index is 3010. The molecule has 230 valence electrons. The van der Waals surface area contributed by atoms with E-state index in [1.807, 2.05) is 11.3 Å². The Kier molecular flexibility index (Phi) is 5.39. The molecular formula is C47H31NS. The third-order valence-corrected chi connectivity index (χ3v) is 12.3. The summed E-state index contributed by atoms with van der Waals surface area (Å²) in [5.41, 5.74) is 11.7. The number of thiophene rings is 1. The highest BCUT2D eigenvalue weighted by molar-refractivity contribution is 7.26. The van der Waals surface area contributed by atoms with E-state index < -0.39 is 0 Å². The van der Waals surface area contributed by atoms with Crippen molar-refractivity contribution in [2.45, 2.75) is 19.3 Å². The Balaban J connectivity index is 1.13. The second-order valence-electron chi connectivity index (χ2n) is 14.1. The zero-order chi connectivity index (χ0) is 32.4. The maximum atomic E-state index is 2.45. The zero-order valence-corrected chi connectivity index (χ0v) is 28.1. The van der Waals surface area contributed by atoms with Gasteiger partial charge in [-0.25, -0.2) is 0 Å². The standard InChI is InChI=1S/C47H31NS/c1-47(2)38-15-6-3-10-32(38)35-14-9-13-31(46(35)47)28-18-22-30(23-19-28)48-39-16-7-4-11-36(39)44-34-24-20-29-21-27-42-45(37-12-5-8-17-41(37)49-42)43(29)33(34)25-26-40(44)48/h3-27H,1-2H3. The Morgan fingerprint density at radius 3 is 2.04 bits per heavy atom. The lowest BCUT2D eigenvalue weighted by Gasteiger charge is -2.24. The fourth-order valence-corrected chi connectivity index (χ4v) is 10.2. The molecular weight excluding hydrogens is 611 g/mol. The summed E-state index contributed by atoms with van der Waals surface area (Å²) >= 11 is 1.89. The Morgan fingerprint density at radius 1 is 0.449 bits per heavy atom. The molecule has 0 aliphatic heterocycles. The van der Waals surface area contributed by atoms with E-state index in [-0.39, 0.29) is 5.41 Å². The first kappa shape index (κ1) is 27.3. The minimum Gasteiger partial charge on any atom is -0.309 e. The zero-order valence-electron chi connectivity index (χ0n) is 27.3. The third kappa shape index (κ3) is 3.59. The van der Waals surface area contributed by atoms with Crippen molar-refractivity contribution in [2.24, 2.45) is 0 Å². The summed E-state index contributed by atoms with van der Waals surface area (Å²) in [7, 11) is 0. The van der Waals surface area contributed by atoms with Gasteiger partial charge in [0.2, 0.25) is 0 Å². The van der Waals surface area contributed by atoms with Crippen molar-refractivity contribution < 1.29 is 0 Å². The molecule has 0 bridgehead atoms. The number of aromatic nitrogens is 1. The van der Waals surface area contributed by atoms with E-state index in [9.17, 15) is 0 Å². The van der Waals surface area contributed by atoms with Gasteiger partial charge in [-0.2, -0.15) is 0 Å². The van der Waals surface area contributed by atoms with E-state index >= 15 is 0 Å². The quantitative estimate of drug-likeness (QED) is 0.166. The van der Waals surface area contributed by atoms with E-state index in [4.69, 9.17) is 0 Å². The maximum absolute atomic E-state index is 2.45. The summed E-state index contributed by atoms with van der Waals surface area (Å²) in [6, 6.07) is 56.7. The number of nitrogens with zero attached hydrogens (tertiary/aromatic N) is 1. The highest BCUT2D eigenvalue weighted by Crippen LogP contribution is 2.52. The monoisotopic (exact) mass is 641 g/mol. The molecule has 0 spiro atoms. The van der Waals surface area contributed by atoms with Gasteiger partial charge in [0.1, 0.15) is 0 Å². The molecule has 0 saturated heterocycles. The molecule has 1 aliphatic carbocycles. The molecule has 0 amide bonds. The van der Waals surface area contributed by atoms with Crippen LogP contribution in [0, 0.1) is 0 Å². The molecule has 0 atom stereocenters. The van der Waals surface area contributed by atoms with Crippen LogP contribution in [-0.2, 0) is 5.41 Å². The molecule has 0 unspecified atom stereocenters. The van der Waals surface area contributed by atoms with Crippen molar-refractivity contribution in [1.82, 2.24) is 4.57 Å². The van der Waals surface area contributed by atoms with Crippen LogP contribution < -0.4 is 0 Å². The molecule has 1 aliphatic rings. The first-order chi connectivity index (χ1) is 24.1. The van der Waals surface area contributed by atoms with Crippen molar-refractivity contribution in [3.8, 4) is 27.9 Å². The van der Waals surface area contributed by atoms with Crippen molar-refractivity contribution in [3.05, 3.63) is 163 Å². The van der Waals surface area contributed by atoms with Crippen LogP contribution in [-0.4, -0.2) is 4.57 Å². The minimum atomic E-state index is -0.0554. The van der Waals surface area contributed by atoms with E-state index in [1.54, 1.807) is 0 Å². The molecule has 11 rings (SSSR count).